The van der Waals surface area contributed by atoms with E-state index in [9.17, 15) is 22.4 Å². The van der Waals surface area contributed by atoms with Gasteiger partial charge in [-0.25, -0.2) is 17.6 Å². The zero-order chi connectivity index (χ0) is 11.1. The first kappa shape index (κ1) is 13.7. The highest BCUT2D eigenvalue weighted by Crippen LogP contribution is 2.17. The molecule has 2 atom stereocenters. The van der Waals surface area contributed by atoms with E-state index < -0.39 is 25.2 Å². The van der Waals surface area contributed by atoms with Crippen LogP contribution in [0.4, 0.5) is 17.6 Å². The molecule has 0 bridgehead atoms. The number of halogens is 4. The summed E-state index contributed by atoms with van der Waals surface area (Å²) in [6, 6.07) is 0. The molecule has 0 aromatic carbocycles. The number of hydrogen-bond acceptors (Lipinski definition) is 2. The van der Waals surface area contributed by atoms with Crippen molar-refractivity contribution in [2.24, 2.45) is 0 Å². The normalized spacial score (nSPS) is 15.6. The van der Waals surface area contributed by atoms with Crippen LogP contribution in [0.5, 0.6) is 0 Å². The highest BCUT2D eigenvalue weighted by Gasteiger charge is 2.23. The van der Waals surface area contributed by atoms with Gasteiger partial charge in [-0.05, 0) is 6.42 Å². The van der Waals surface area contributed by atoms with E-state index in [0.717, 1.165) is 11.8 Å². The summed E-state index contributed by atoms with van der Waals surface area (Å²) in [6.07, 6.45) is -8.01. The predicted octanol–water partition coefficient (Wildman–Crippen LogP) is 2.99. The van der Waals surface area contributed by atoms with Gasteiger partial charge in [-0.1, -0.05) is 11.8 Å². The standard InChI is InChI=1S/C8H12F4OS/c1-5(13)14-3-2-6(9)4-7(10)8(11)12/h6-8H,2-4H2,1H3. The molecule has 84 valence electrons. The van der Waals surface area contributed by atoms with Crippen molar-refractivity contribution >= 4 is 16.9 Å². The maximum absolute atomic E-state index is 12.8. The second kappa shape index (κ2) is 7.09. The summed E-state index contributed by atoms with van der Waals surface area (Å²) in [5.41, 5.74) is 0. The smallest absolute Gasteiger partial charge is 0.269 e. The fourth-order valence-corrected chi connectivity index (χ4v) is 1.46. The lowest BCUT2D eigenvalue weighted by Gasteiger charge is -2.10. The van der Waals surface area contributed by atoms with Gasteiger partial charge < -0.3 is 0 Å². The first-order valence-corrected chi connectivity index (χ1v) is 5.11. The molecule has 1 nitrogen and oxygen atoms in total. The minimum absolute atomic E-state index is 0.0720. The van der Waals surface area contributed by atoms with Crippen molar-refractivity contribution in [1.29, 1.82) is 0 Å². The number of carbonyl (C=O) groups excluding carboxylic acids is 1. The summed E-state index contributed by atoms with van der Waals surface area (Å²) < 4.78 is 48.3. The van der Waals surface area contributed by atoms with Crippen LogP contribution in [-0.2, 0) is 4.79 Å². The Kier molecular flexibility index (Phi) is 6.96. The van der Waals surface area contributed by atoms with E-state index in [1.54, 1.807) is 0 Å². The van der Waals surface area contributed by atoms with E-state index in [-0.39, 0.29) is 17.3 Å². The molecular formula is C8H12F4OS. The molecule has 0 aromatic rings. The van der Waals surface area contributed by atoms with Crippen molar-refractivity contribution in [3.05, 3.63) is 0 Å². The average molecular weight is 232 g/mol. The average Bonchev–Trinajstić information content (AvgIpc) is 2.02. The Hall–Kier alpha value is -0.260. The fraction of sp³-hybridized carbons (Fsp3) is 0.875. The summed E-state index contributed by atoms with van der Waals surface area (Å²) in [4.78, 5) is 10.4. The van der Waals surface area contributed by atoms with E-state index in [2.05, 4.69) is 0 Å². The van der Waals surface area contributed by atoms with Crippen LogP contribution in [0, 0.1) is 0 Å². The van der Waals surface area contributed by atoms with Gasteiger partial charge in [0.1, 0.15) is 6.17 Å². The summed E-state index contributed by atoms with van der Waals surface area (Å²) >= 11 is 0.906. The molecule has 0 rings (SSSR count). The van der Waals surface area contributed by atoms with Crippen molar-refractivity contribution in [1.82, 2.24) is 0 Å². The Morgan fingerprint density at radius 1 is 1.29 bits per heavy atom. The third-order valence-corrected chi connectivity index (χ3v) is 2.34. The Morgan fingerprint density at radius 3 is 2.29 bits per heavy atom. The molecule has 0 saturated heterocycles. The third-order valence-electron chi connectivity index (χ3n) is 1.49. The number of carbonyl (C=O) groups is 1. The van der Waals surface area contributed by atoms with E-state index in [0.29, 0.717) is 0 Å². The Bertz CT molecular complexity index is 177. The van der Waals surface area contributed by atoms with Gasteiger partial charge in [-0.2, -0.15) is 0 Å². The summed E-state index contributed by atoms with van der Waals surface area (Å²) in [7, 11) is 0. The zero-order valence-corrected chi connectivity index (χ0v) is 8.50. The molecule has 0 N–H and O–H groups in total. The lowest BCUT2D eigenvalue weighted by Crippen LogP contribution is -2.18. The zero-order valence-electron chi connectivity index (χ0n) is 7.68. The topological polar surface area (TPSA) is 17.1 Å². The van der Waals surface area contributed by atoms with E-state index >= 15 is 0 Å². The third kappa shape index (κ3) is 7.17. The van der Waals surface area contributed by atoms with Gasteiger partial charge in [0.05, 0.1) is 0 Å². The van der Waals surface area contributed by atoms with Crippen molar-refractivity contribution < 1.29 is 22.4 Å². The maximum Gasteiger partial charge on any atom is 0.269 e. The summed E-state index contributed by atoms with van der Waals surface area (Å²) in [6.45, 7) is 1.33. The Morgan fingerprint density at radius 2 is 1.86 bits per heavy atom. The minimum atomic E-state index is -3.13. The van der Waals surface area contributed by atoms with E-state index in [1.165, 1.54) is 6.92 Å². The monoisotopic (exact) mass is 232 g/mol. The molecule has 0 heterocycles. The van der Waals surface area contributed by atoms with Gasteiger partial charge in [0.25, 0.3) is 6.43 Å². The SMILES string of the molecule is CC(=O)SCCC(F)CC(F)C(F)F. The molecule has 0 aliphatic rings. The molecule has 0 saturated carbocycles. The second-order valence-corrected chi connectivity index (χ2v) is 4.08. The van der Waals surface area contributed by atoms with Crippen molar-refractivity contribution in [3.8, 4) is 0 Å². The van der Waals surface area contributed by atoms with Crippen LogP contribution >= 0.6 is 11.8 Å². The Labute approximate surface area is 84.2 Å². The van der Waals surface area contributed by atoms with Gasteiger partial charge in [0.15, 0.2) is 11.3 Å². The fourth-order valence-electron chi connectivity index (χ4n) is 0.796. The van der Waals surface area contributed by atoms with Crippen LogP contribution < -0.4 is 0 Å². The van der Waals surface area contributed by atoms with Crippen LogP contribution in [0.3, 0.4) is 0 Å². The second-order valence-electron chi connectivity index (χ2n) is 2.81. The van der Waals surface area contributed by atoms with E-state index in [1.807, 2.05) is 0 Å². The molecule has 0 spiro atoms. The molecular weight excluding hydrogens is 220 g/mol. The molecule has 0 amide bonds. The highest BCUT2D eigenvalue weighted by atomic mass is 32.2. The van der Waals surface area contributed by atoms with Crippen LogP contribution in [0.2, 0.25) is 0 Å². The molecule has 0 aliphatic heterocycles. The Balaban J connectivity index is 3.54. The predicted molar refractivity (Wildman–Crippen MR) is 48.2 cm³/mol. The molecule has 6 heteroatoms. The number of alkyl halides is 4. The summed E-state index contributed by atoms with van der Waals surface area (Å²) in [5, 5.41) is -0.164. The van der Waals surface area contributed by atoms with Crippen molar-refractivity contribution in [2.75, 3.05) is 5.75 Å². The van der Waals surface area contributed by atoms with Gasteiger partial charge in [0.2, 0.25) is 0 Å². The molecule has 0 fully saturated rings. The van der Waals surface area contributed by atoms with Gasteiger partial charge in [0, 0.05) is 19.1 Å². The molecule has 2 unspecified atom stereocenters. The minimum Gasteiger partial charge on any atom is -0.288 e. The van der Waals surface area contributed by atoms with Gasteiger partial charge in [-0.15, -0.1) is 0 Å². The van der Waals surface area contributed by atoms with Gasteiger partial charge >= 0.3 is 0 Å². The van der Waals surface area contributed by atoms with E-state index in [4.69, 9.17) is 0 Å². The molecule has 0 aromatic heterocycles. The lowest BCUT2D eigenvalue weighted by molar-refractivity contribution is -0.109. The van der Waals surface area contributed by atoms with Crippen molar-refractivity contribution in [3.63, 3.8) is 0 Å². The molecule has 0 radical (unpaired) electrons. The van der Waals surface area contributed by atoms with Crippen LogP contribution in [0.25, 0.3) is 0 Å². The van der Waals surface area contributed by atoms with Crippen molar-refractivity contribution in [2.45, 2.75) is 38.5 Å². The summed E-state index contributed by atoms with van der Waals surface area (Å²) in [5.74, 6) is 0.201. The number of thioether (sulfide) groups is 1. The first-order valence-electron chi connectivity index (χ1n) is 4.13. The van der Waals surface area contributed by atoms with Crippen LogP contribution in [-0.4, -0.2) is 29.6 Å². The quantitative estimate of drug-likeness (QED) is 0.655. The molecule has 14 heavy (non-hydrogen) atoms. The number of hydrogen-bond donors (Lipinski definition) is 0. The largest absolute Gasteiger partial charge is 0.288 e. The number of rotatable bonds is 6. The maximum atomic E-state index is 12.8. The highest BCUT2D eigenvalue weighted by molar-refractivity contribution is 8.13. The first-order chi connectivity index (χ1) is 6.43. The molecule has 0 aliphatic carbocycles. The van der Waals surface area contributed by atoms with Gasteiger partial charge in [-0.3, -0.25) is 4.79 Å². The van der Waals surface area contributed by atoms with Crippen LogP contribution in [0.15, 0.2) is 0 Å². The van der Waals surface area contributed by atoms with Crippen LogP contribution in [0.1, 0.15) is 19.8 Å². The lowest BCUT2D eigenvalue weighted by atomic mass is 10.1.